The highest BCUT2D eigenvalue weighted by atomic mass is 32.1. The molecule has 0 atom stereocenters. The largest absolute Gasteiger partial charge is 0.460 e. The van der Waals surface area contributed by atoms with Crippen molar-refractivity contribution in [3.05, 3.63) is 43.2 Å². The van der Waals surface area contributed by atoms with Gasteiger partial charge in [-0.1, -0.05) is 11.3 Å². The van der Waals surface area contributed by atoms with E-state index in [1.54, 1.807) is 5.38 Å². The van der Waals surface area contributed by atoms with Crippen molar-refractivity contribution < 1.29 is 14.5 Å². The number of aromatic nitrogens is 1. The lowest BCUT2D eigenvalue weighted by atomic mass is 10.3. The van der Waals surface area contributed by atoms with Gasteiger partial charge in [0.05, 0.1) is 22.0 Å². The van der Waals surface area contributed by atoms with E-state index < -0.39 is 4.92 Å². The molecule has 100 valence electrons. The van der Waals surface area contributed by atoms with Crippen LogP contribution in [0.2, 0.25) is 0 Å². The first-order valence-corrected chi connectivity index (χ1v) is 7.09. The lowest BCUT2D eigenvalue weighted by molar-refractivity contribution is -0.380. The summed E-state index contributed by atoms with van der Waals surface area (Å²) in [5, 5.41) is 14.9. The van der Waals surface area contributed by atoms with Crippen LogP contribution in [0.15, 0.2) is 16.8 Å². The summed E-state index contributed by atoms with van der Waals surface area (Å²) in [6.07, 6.45) is 0.122. The summed E-state index contributed by atoms with van der Waals surface area (Å²) in [5.74, 6) is -0.390. The third-order valence-corrected chi connectivity index (χ3v) is 3.96. The van der Waals surface area contributed by atoms with Crippen LogP contribution in [0.4, 0.5) is 5.00 Å². The summed E-state index contributed by atoms with van der Waals surface area (Å²) in [6, 6.07) is 1.41. The van der Waals surface area contributed by atoms with Gasteiger partial charge in [-0.2, -0.15) is 0 Å². The maximum atomic E-state index is 11.5. The molecule has 2 aromatic heterocycles. The fourth-order valence-corrected chi connectivity index (χ4v) is 2.71. The standard InChI is InChI=1S/C11H10N2O4S2/c1-7-12-9(6-18-7)3-11(14)17-4-8-2-10(13(15)16)19-5-8/h2,5-6H,3-4H2,1H3. The first kappa shape index (κ1) is 13.6. The third-order valence-electron chi connectivity index (χ3n) is 2.21. The smallest absolute Gasteiger partial charge is 0.324 e. The van der Waals surface area contributed by atoms with Crippen LogP contribution in [0, 0.1) is 17.0 Å². The number of ether oxygens (including phenoxy) is 1. The molecule has 0 amide bonds. The van der Waals surface area contributed by atoms with Crippen molar-refractivity contribution in [3.8, 4) is 0 Å². The number of hydrogen-bond acceptors (Lipinski definition) is 7. The Morgan fingerprint density at radius 1 is 1.47 bits per heavy atom. The molecule has 0 saturated carbocycles. The Balaban J connectivity index is 1.84. The Labute approximate surface area is 116 Å². The molecular formula is C11H10N2O4S2. The second-order valence-corrected chi connectivity index (χ2v) is 5.70. The molecule has 0 saturated heterocycles. The average Bonchev–Trinajstić information content (AvgIpc) is 2.96. The fourth-order valence-electron chi connectivity index (χ4n) is 1.39. The van der Waals surface area contributed by atoms with Crippen LogP contribution in [-0.4, -0.2) is 15.9 Å². The van der Waals surface area contributed by atoms with Gasteiger partial charge in [-0.3, -0.25) is 14.9 Å². The number of carbonyl (C=O) groups excluding carboxylic acids is 1. The van der Waals surface area contributed by atoms with E-state index >= 15 is 0 Å². The van der Waals surface area contributed by atoms with Crippen LogP contribution in [0.3, 0.4) is 0 Å². The lowest BCUT2D eigenvalue weighted by Crippen LogP contribution is -2.07. The van der Waals surface area contributed by atoms with Crippen LogP contribution >= 0.6 is 22.7 Å². The summed E-state index contributed by atoms with van der Waals surface area (Å²) >= 11 is 2.49. The molecule has 0 aliphatic carbocycles. The summed E-state index contributed by atoms with van der Waals surface area (Å²) in [7, 11) is 0. The van der Waals surface area contributed by atoms with Crippen molar-refractivity contribution in [2.45, 2.75) is 20.0 Å². The molecule has 0 spiro atoms. The van der Waals surface area contributed by atoms with Gasteiger partial charge in [-0.25, -0.2) is 4.98 Å². The van der Waals surface area contributed by atoms with Gasteiger partial charge in [0.15, 0.2) is 0 Å². The number of aryl methyl sites for hydroxylation is 1. The predicted molar refractivity (Wildman–Crippen MR) is 71.3 cm³/mol. The molecule has 0 fully saturated rings. The van der Waals surface area contributed by atoms with Crippen molar-refractivity contribution in [3.63, 3.8) is 0 Å². The molecule has 19 heavy (non-hydrogen) atoms. The van der Waals surface area contributed by atoms with Crippen molar-refractivity contribution in [2.24, 2.45) is 0 Å². The minimum absolute atomic E-state index is 0.0428. The van der Waals surface area contributed by atoms with Gasteiger partial charge in [0.2, 0.25) is 0 Å². The molecule has 6 nitrogen and oxygen atoms in total. The van der Waals surface area contributed by atoms with E-state index in [9.17, 15) is 14.9 Å². The molecule has 0 aromatic carbocycles. The topological polar surface area (TPSA) is 82.3 Å². The van der Waals surface area contributed by atoms with Gasteiger partial charge in [0.25, 0.3) is 0 Å². The zero-order chi connectivity index (χ0) is 13.8. The van der Waals surface area contributed by atoms with Crippen LogP contribution < -0.4 is 0 Å². The normalized spacial score (nSPS) is 10.4. The summed E-state index contributed by atoms with van der Waals surface area (Å²) < 4.78 is 5.04. The van der Waals surface area contributed by atoms with Crippen molar-refractivity contribution in [1.29, 1.82) is 0 Å². The van der Waals surface area contributed by atoms with Crippen LogP contribution in [0.1, 0.15) is 16.3 Å². The maximum Gasteiger partial charge on any atom is 0.324 e. The Hall–Kier alpha value is -1.80. The van der Waals surface area contributed by atoms with Crippen LogP contribution in [0.25, 0.3) is 0 Å². The number of hydrogen-bond donors (Lipinski definition) is 0. The maximum absolute atomic E-state index is 11.5. The van der Waals surface area contributed by atoms with Gasteiger partial charge in [0.1, 0.15) is 6.61 Å². The minimum Gasteiger partial charge on any atom is -0.460 e. The highest BCUT2D eigenvalue weighted by Gasteiger charge is 2.12. The number of carbonyl (C=O) groups is 1. The SMILES string of the molecule is Cc1nc(CC(=O)OCc2csc([N+](=O)[O-])c2)cs1. The van der Waals surface area contributed by atoms with Gasteiger partial charge in [-0.05, 0) is 6.92 Å². The van der Waals surface area contributed by atoms with E-state index in [0.717, 1.165) is 16.3 Å². The lowest BCUT2D eigenvalue weighted by Gasteiger charge is -2.01. The second-order valence-electron chi connectivity index (χ2n) is 3.75. The number of nitrogens with zero attached hydrogens (tertiary/aromatic N) is 2. The van der Waals surface area contributed by atoms with Crippen molar-refractivity contribution >= 4 is 33.6 Å². The molecule has 8 heteroatoms. The van der Waals surface area contributed by atoms with Crippen LogP contribution in [-0.2, 0) is 22.6 Å². The number of thiazole rings is 1. The average molecular weight is 298 g/mol. The van der Waals surface area contributed by atoms with E-state index in [0.29, 0.717) is 11.3 Å². The highest BCUT2D eigenvalue weighted by Crippen LogP contribution is 2.23. The molecule has 2 rings (SSSR count). The van der Waals surface area contributed by atoms with E-state index in [2.05, 4.69) is 4.98 Å². The van der Waals surface area contributed by atoms with Crippen molar-refractivity contribution in [1.82, 2.24) is 4.98 Å². The third kappa shape index (κ3) is 3.83. The van der Waals surface area contributed by atoms with E-state index in [1.165, 1.54) is 17.4 Å². The molecular weight excluding hydrogens is 288 g/mol. The first-order valence-electron chi connectivity index (χ1n) is 5.33. The van der Waals surface area contributed by atoms with E-state index in [1.807, 2.05) is 12.3 Å². The van der Waals surface area contributed by atoms with Gasteiger partial charge >= 0.3 is 11.0 Å². The Morgan fingerprint density at radius 3 is 2.84 bits per heavy atom. The molecule has 0 aliphatic rings. The number of nitro groups is 1. The zero-order valence-corrected chi connectivity index (χ0v) is 11.6. The number of thiophene rings is 1. The van der Waals surface area contributed by atoms with Crippen molar-refractivity contribution in [2.75, 3.05) is 0 Å². The predicted octanol–water partition coefficient (Wildman–Crippen LogP) is 2.71. The molecule has 0 N–H and O–H groups in total. The Morgan fingerprint density at radius 2 is 2.26 bits per heavy atom. The van der Waals surface area contributed by atoms with E-state index in [-0.39, 0.29) is 24.0 Å². The van der Waals surface area contributed by atoms with Gasteiger partial charge < -0.3 is 4.74 Å². The number of esters is 1. The fraction of sp³-hybridized carbons (Fsp3) is 0.273. The summed E-state index contributed by atoms with van der Waals surface area (Å²) in [4.78, 5) is 25.7. The summed E-state index contributed by atoms with van der Waals surface area (Å²) in [5.41, 5.74) is 1.31. The molecule has 2 aromatic rings. The second kappa shape index (κ2) is 5.89. The summed E-state index contributed by atoms with van der Waals surface area (Å²) in [6.45, 7) is 1.91. The van der Waals surface area contributed by atoms with E-state index in [4.69, 9.17) is 4.74 Å². The minimum atomic E-state index is -0.464. The molecule has 0 bridgehead atoms. The van der Waals surface area contributed by atoms with Gasteiger partial charge in [0, 0.05) is 22.4 Å². The first-order chi connectivity index (χ1) is 9.04. The Kier molecular flexibility index (Phi) is 4.23. The quantitative estimate of drug-likeness (QED) is 0.481. The number of rotatable bonds is 5. The molecule has 0 aliphatic heterocycles. The molecule has 2 heterocycles. The molecule has 0 radical (unpaired) electrons. The zero-order valence-electron chi connectivity index (χ0n) is 9.99. The highest BCUT2D eigenvalue weighted by molar-refractivity contribution is 7.13. The Bertz CT molecular complexity index is 605. The monoisotopic (exact) mass is 298 g/mol. The van der Waals surface area contributed by atoms with Gasteiger partial charge in [-0.15, -0.1) is 11.3 Å². The van der Waals surface area contributed by atoms with Crippen LogP contribution in [0.5, 0.6) is 0 Å². The molecule has 0 unspecified atom stereocenters.